The number of rotatable bonds is 1. The first kappa shape index (κ1) is 15.5. The van der Waals surface area contributed by atoms with Gasteiger partial charge in [0.05, 0.1) is 5.69 Å². The number of hydrogen-bond acceptors (Lipinski definition) is 4. The normalized spacial score (nSPS) is 33.7. The van der Waals surface area contributed by atoms with Gasteiger partial charge in [0.15, 0.2) is 8.37 Å². The Bertz CT molecular complexity index is 533. The maximum absolute atomic E-state index is 5.17. The molecule has 0 radical (unpaired) electrons. The lowest BCUT2D eigenvalue weighted by molar-refractivity contribution is 0.0300. The highest BCUT2D eigenvalue weighted by Crippen LogP contribution is 2.75. The van der Waals surface area contributed by atoms with Crippen LogP contribution >= 0.6 is 15.9 Å². The van der Waals surface area contributed by atoms with E-state index in [1.54, 1.807) is 0 Å². The summed E-state index contributed by atoms with van der Waals surface area (Å²) in [5.74, 6) is 0. The lowest BCUT2D eigenvalue weighted by Gasteiger charge is -2.66. The van der Waals surface area contributed by atoms with E-state index >= 15 is 0 Å². The first-order chi connectivity index (χ1) is 9.91. The summed E-state index contributed by atoms with van der Waals surface area (Å²) < 4.78 is 19.1. The van der Waals surface area contributed by atoms with Gasteiger partial charge >= 0.3 is 0 Å². The van der Waals surface area contributed by atoms with E-state index in [4.69, 9.17) is 4.74 Å². The molecule has 0 spiro atoms. The minimum Gasteiger partial charge on any atom is -0.220 e. The highest BCUT2D eigenvalue weighted by atomic mass is 31.2. The molecule has 0 saturated carbocycles. The van der Waals surface area contributed by atoms with Gasteiger partial charge in [0.25, 0.3) is 0 Å². The highest BCUT2D eigenvalue weighted by molar-refractivity contribution is 7.64. The maximum atomic E-state index is 5.17. The second-order valence-electron chi connectivity index (χ2n) is 5.18. The minimum atomic E-state index is -2.05. The minimum absolute atomic E-state index is 0.566. The quantitative estimate of drug-likeness (QED) is 0.738. The molecule has 1 aromatic carbocycles. The summed E-state index contributed by atoms with van der Waals surface area (Å²) in [6, 6.07) is 10.2. The predicted octanol–water partition coefficient (Wildman–Crippen LogP) is 2.85. The van der Waals surface area contributed by atoms with Crippen molar-refractivity contribution >= 4 is 21.6 Å². The van der Waals surface area contributed by atoms with Crippen molar-refractivity contribution in [2.45, 2.75) is 0 Å². The first-order valence-electron chi connectivity index (χ1n) is 6.82. The van der Waals surface area contributed by atoms with E-state index in [2.05, 4.69) is 83.1 Å². The monoisotopic (exact) mass is 327 g/mol. The summed E-state index contributed by atoms with van der Waals surface area (Å²) in [4.78, 5) is 0. The molecule has 9 heteroatoms. The Morgan fingerprint density at radius 2 is 1.19 bits per heavy atom. The van der Waals surface area contributed by atoms with Gasteiger partial charge in [-0.15, -0.1) is 0 Å². The molecule has 4 rings (SSSR count). The molecule has 3 saturated heterocycles. The number of hydrazine groups is 3. The molecule has 1 aromatic rings. The van der Waals surface area contributed by atoms with E-state index < -0.39 is 15.9 Å². The van der Waals surface area contributed by atoms with Gasteiger partial charge in [-0.25, -0.2) is 4.74 Å². The van der Waals surface area contributed by atoms with Crippen LogP contribution in [0.5, 0.6) is 0 Å². The van der Waals surface area contributed by atoms with Crippen molar-refractivity contribution in [3.63, 3.8) is 0 Å². The van der Waals surface area contributed by atoms with Crippen LogP contribution in [0.3, 0.4) is 0 Å². The van der Waals surface area contributed by atoms with E-state index in [1.165, 1.54) is 0 Å². The summed E-state index contributed by atoms with van der Waals surface area (Å²) in [6.45, 7) is 0. The van der Waals surface area contributed by atoms with E-state index in [0.717, 1.165) is 5.69 Å². The molecule has 7 nitrogen and oxygen atoms in total. The summed E-state index contributed by atoms with van der Waals surface area (Å²) in [5.41, 5.74) is 1.01. The van der Waals surface area contributed by atoms with Crippen LogP contribution in [0.25, 0.3) is 0 Å². The van der Waals surface area contributed by atoms with Gasteiger partial charge in [-0.2, -0.15) is 28.7 Å². The molecule has 0 N–H and O–H groups in total. The Labute approximate surface area is 128 Å². The molecule has 0 aromatic heterocycles. The zero-order valence-electron chi connectivity index (χ0n) is 13.4. The Kier molecular flexibility index (Phi) is 3.97. The molecule has 3 heterocycles. The van der Waals surface area contributed by atoms with Crippen LogP contribution in [0, 0.1) is 0 Å². The van der Waals surface area contributed by atoms with Gasteiger partial charge in [0.2, 0.25) is 7.51 Å². The van der Waals surface area contributed by atoms with E-state index in [1.807, 2.05) is 18.2 Å². The summed E-state index contributed by atoms with van der Waals surface area (Å²) in [7, 11) is 10.2. The van der Waals surface area contributed by atoms with Crippen LogP contribution in [0.1, 0.15) is 0 Å². The van der Waals surface area contributed by atoms with Crippen LogP contribution in [-0.2, 0) is 0 Å². The fraction of sp³-hybridized carbons (Fsp3) is 0.500. The van der Waals surface area contributed by atoms with Crippen molar-refractivity contribution in [2.75, 3.05) is 42.3 Å². The van der Waals surface area contributed by atoms with E-state index in [-0.39, 0.29) is 0 Å². The average Bonchev–Trinajstić information content (AvgIpc) is 2.48. The van der Waals surface area contributed by atoms with Crippen LogP contribution in [0.2, 0.25) is 0 Å². The highest BCUT2D eigenvalue weighted by Gasteiger charge is 2.56. The third kappa shape index (κ3) is 2.05. The van der Waals surface area contributed by atoms with E-state index in [0.29, 0.717) is 0 Å². The van der Waals surface area contributed by atoms with E-state index in [9.17, 15) is 0 Å². The Hall–Kier alpha value is -0.360. The topological polar surface area (TPSA) is 31.8 Å². The molecule has 0 aliphatic carbocycles. The van der Waals surface area contributed by atoms with Crippen LogP contribution < -0.4 is 0 Å². The van der Waals surface area contributed by atoms with Gasteiger partial charge in [0.1, 0.15) is 0 Å². The van der Waals surface area contributed by atoms with Gasteiger partial charge < -0.3 is 0 Å². The molecule has 2 bridgehead atoms. The number of fused-ring (bicyclic) bond motifs is 3. The first-order valence-corrected chi connectivity index (χ1v) is 9.62. The molecule has 3 aliphatic rings. The largest absolute Gasteiger partial charge is 0.220 e. The van der Waals surface area contributed by atoms with Crippen molar-refractivity contribution in [1.29, 1.82) is 0 Å². The SMILES string of the molecule is CN1N(C)P2(=Nc3ccccc3)N(C)N(C)P1N(C)N2C. The lowest BCUT2D eigenvalue weighted by atomic mass is 10.3. The fourth-order valence-electron chi connectivity index (χ4n) is 2.84. The Morgan fingerprint density at radius 1 is 0.762 bits per heavy atom. The maximum Gasteiger partial charge on any atom is 0.214 e. The summed E-state index contributed by atoms with van der Waals surface area (Å²) in [5, 5.41) is 0. The Balaban J connectivity index is 2.21. The molecule has 0 amide bonds. The van der Waals surface area contributed by atoms with Crippen molar-refractivity contribution in [3.8, 4) is 0 Å². The average molecular weight is 327 g/mol. The zero-order valence-corrected chi connectivity index (χ0v) is 15.2. The standard InChI is InChI=1S/C12H23N7P2/c1-14-17(4)21(13-12-10-8-7-9-11-12)18(5)15(2)20(14)16(3)19(21)6/h7-11H,1-6H3. The molecule has 0 atom stereocenters. The summed E-state index contributed by atoms with van der Waals surface area (Å²) in [6.07, 6.45) is 0. The molecule has 21 heavy (non-hydrogen) atoms. The molecule has 0 unspecified atom stereocenters. The second-order valence-corrected chi connectivity index (χ2v) is 10.5. The fourth-order valence-corrected chi connectivity index (χ4v) is 9.26. The van der Waals surface area contributed by atoms with Crippen LogP contribution in [-0.4, -0.2) is 71.0 Å². The Morgan fingerprint density at radius 3 is 1.62 bits per heavy atom. The smallest absolute Gasteiger partial charge is 0.214 e. The number of benzene rings is 1. The molecule has 3 fully saturated rings. The predicted molar refractivity (Wildman–Crippen MR) is 88.9 cm³/mol. The van der Waals surface area contributed by atoms with Gasteiger partial charge in [-0.05, 0) is 12.1 Å². The third-order valence-electron chi connectivity index (χ3n) is 4.20. The van der Waals surface area contributed by atoms with Gasteiger partial charge in [-0.1, -0.05) is 18.2 Å². The van der Waals surface area contributed by atoms with Gasteiger partial charge in [0, 0.05) is 42.3 Å². The molecule has 3 aliphatic heterocycles. The van der Waals surface area contributed by atoms with Crippen molar-refractivity contribution in [3.05, 3.63) is 30.3 Å². The lowest BCUT2D eigenvalue weighted by Crippen LogP contribution is -2.62. The number of nitrogens with zero attached hydrogens (tertiary/aromatic N) is 7. The van der Waals surface area contributed by atoms with Crippen molar-refractivity contribution in [1.82, 2.24) is 28.7 Å². The molecule has 116 valence electrons. The second kappa shape index (κ2) is 5.37. The summed E-state index contributed by atoms with van der Waals surface area (Å²) >= 11 is 0. The molecular weight excluding hydrogens is 304 g/mol. The van der Waals surface area contributed by atoms with Crippen molar-refractivity contribution in [2.24, 2.45) is 4.74 Å². The number of hydrogen-bond donors (Lipinski definition) is 0. The molecular formula is C12H23N7P2. The van der Waals surface area contributed by atoms with Gasteiger partial charge in [-0.3, -0.25) is 0 Å². The third-order valence-corrected chi connectivity index (χ3v) is 10.6. The van der Waals surface area contributed by atoms with Crippen LogP contribution in [0.15, 0.2) is 35.1 Å². The zero-order chi connectivity index (χ0) is 15.4. The van der Waals surface area contributed by atoms with Crippen molar-refractivity contribution < 1.29 is 0 Å². The van der Waals surface area contributed by atoms with Crippen LogP contribution in [0.4, 0.5) is 5.69 Å².